The van der Waals surface area contributed by atoms with Gasteiger partial charge >= 0.3 is 5.97 Å². The molecule has 2 heterocycles. The third kappa shape index (κ3) is 4.15. The zero-order valence-corrected chi connectivity index (χ0v) is 16.0. The molecule has 0 aliphatic rings. The van der Waals surface area contributed by atoms with Crippen LogP contribution in [-0.2, 0) is 21.2 Å². The Hall–Kier alpha value is -2.78. The van der Waals surface area contributed by atoms with Gasteiger partial charge in [-0.3, -0.25) is 13.9 Å². The monoisotopic (exact) mass is 409 g/mol. The number of rotatable bonds is 6. The average Bonchev–Trinajstić information content (AvgIpc) is 2.97. The summed E-state index contributed by atoms with van der Waals surface area (Å²) in [6.45, 7) is 0. The second kappa shape index (κ2) is 7.09. The van der Waals surface area contributed by atoms with Gasteiger partial charge in [0.15, 0.2) is 5.65 Å². The first-order valence-corrected chi connectivity index (χ1v) is 9.99. The lowest BCUT2D eigenvalue weighted by atomic mass is 10.1. The van der Waals surface area contributed by atoms with Gasteiger partial charge in [0, 0.05) is 11.8 Å². The quantitative estimate of drug-likeness (QED) is 0.647. The Morgan fingerprint density at radius 1 is 1.33 bits per heavy atom. The van der Waals surface area contributed by atoms with Crippen LogP contribution in [0.25, 0.3) is 16.9 Å². The molecule has 0 fully saturated rings. The second-order valence-electron chi connectivity index (χ2n) is 5.85. The van der Waals surface area contributed by atoms with Gasteiger partial charge < -0.3 is 9.84 Å². The Morgan fingerprint density at radius 2 is 2.07 bits per heavy atom. The van der Waals surface area contributed by atoms with E-state index in [0.29, 0.717) is 22.0 Å². The van der Waals surface area contributed by atoms with Crippen LogP contribution in [0.5, 0.6) is 5.75 Å². The summed E-state index contributed by atoms with van der Waals surface area (Å²) in [6.07, 6.45) is 2.28. The molecule has 3 rings (SSSR count). The van der Waals surface area contributed by atoms with Gasteiger partial charge in [0.05, 0.1) is 41.9 Å². The minimum absolute atomic E-state index is 0.238. The Kier molecular flexibility index (Phi) is 4.99. The first-order chi connectivity index (χ1) is 12.7. The molecule has 2 N–H and O–H groups in total. The van der Waals surface area contributed by atoms with Crippen LogP contribution in [0, 0.1) is 0 Å². The number of aromatic nitrogens is 2. The van der Waals surface area contributed by atoms with E-state index < -0.39 is 16.0 Å². The highest BCUT2D eigenvalue weighted by molar-refractivity contribution is 7.92. The van der Waals surface area contributed by atoms with Crippen LogP contribution in [-0.4, -0.2) is 42.2 Å². The summed E-state index contributed by atoms with van der Waals surface area (Å²) >= 11 is 6.36. The van der Waals surface area contributed by atoms with Gasteiger partial charge in [-0.1, -0.05) is 11.6 Å². The number of methoxy groups -OCH3 is 1. The molecule has 27 heavy (non-hydrogen) atoms. The Balaban J connectivity index is 2.23. The molecule has 3 aromatic rings. The van der Waals surface area contributed by atoms with Crippen LogP contribution in [0.15, 0.2) is 36.5 Å². The van der Waals surface area contributed by atoms with Crippen molar-refractivity contribution < 1.29 is 23.1 Å². The molecule has 0 aliphatic carbocycles. The topological polar surface area (TPSA) is 110 Å². The fourth-order valence-corrected chi connectivity index (χ4v) is 3.52. The van der Waals surface area contributed by atoms with Crippen LogP contribution >= 0.6 is 11.6 Å². The van der Waals surface area contributed by atoms with Crippen molar-refractivity contribution in [3.05, 3.63) is 47.2 Å². The van der Waals surface area contributed by atoms with E-state index in [1.807, 2.05) is 0 Å². The number of imidazole rings is 1. The standard InChI is InChI=1S/C17H16ClN3O5S/c1-26-11-3-4-12(13(18)8-11)15-6-5-14(20-27(2,24)25)17-19-10(7-16(22)23)9-21(15)17/h3-6,8-9,20H,7H2,1-2H3,(H,22,23). The molecule has 1 aromatic carbocycles. The fourth-order valence-electron chi connectivity index (χ4n) is 2.69. The van der Waals surface area contributed by atoms with Crippen molar-refractivity contribution in [1.29, 1.82) is 0 Å². The van der Waals surface area contributed by atoms with Gasteiger partial charge in [-0.15, -0.1) is 0 Å². The molecule has 0 amide bonds. The second-order valence-corrected chi connectivity index (χ2v) is 8.00. The zero-order chi connectivity index (χ0) is 19.8. The summed E-state index contributed by atoms with van der Waals surface area (Å²) < 4.78 is 32.4. The third-order valence-electron chi connectivity index (χ3n) is 3.74. The summed E-state index contributed by atoms with van der Waals surface area (Å²) in [5.74, 6) is -0.451. The zero-order valence-electron chi connectivity index (χ0n) is 14.4. The van der Waals surface area contributed by atoms with Crippen LogP contribution in [0.1, 0.15) is 5.69 Å². The van der Waals surface area contributed by atoms with Crippen molar-refractivity contribution in [1.82, 2.24) is 9.38 Å². The fraction of sp³-hybridized carbons (Fsp3) is 0.176. The molecule has 2 aromatic heterocycles. The number of sulfonamides is 1. The molecule has 0 atom stereocenters. The largest absolute Gasteiger partial charge is 0.497 e. The summed E-state index contributed by atoms with van der Waals surface area (Å²) in [6, 6.07) is 8.39. The summed E-state index contributed by atoms with van der Waals surface area (Å²) in [5, 5.41) is 9.46. The molecular weight excluding hydrogens is 394 g/mol. The molecule has 142 valence electrons. The lowest BCUT2D eigenvalue weighted by Crippen LogP contribution is -2.11. The minimum atomic E-state index is -3.54. The van der Waals surface area contributed by atoms with E-state index in [-0.39, 0.29) is 23.4 Å². The number of benzene rings is 1. The van der Waals surface area contributed by atoms with Crippen LogP contribution in [0.2, 0.25) is 5.02 Å². The van der Waals surface area contributed by atoms with Gasteiger partial charge in [-0.25, -0.2) is 13.4 Å². The van der Waals surface area contributed by atoms with Gasteiger partial charge in [0.25, 0.3) is 0 Å². The molecule has 0 saturated heterocycles. The van der Waals surface area contributed by atoms with Crippen molar-refractivity contribution in [2.45, 2.75) is 6.42 Å². The van der Waals surface area contributed by atoms with Gasteiger partial charge in [-0.2, -0.15) is 0 Å². The minimum Gasteiger partial charge on any atom is -0.497 e. The first kappa shape index (κ1) is 19.0. The number of carboxylic acid groups (broad SMARTS) is 1. The van der Waals surface area contributed by atoms with E-state index in [0.717, 1.165) is 6.26 Å². The molecule has 0 bridgehead atoms. The number of pyridine rings is 1. The predicted molar refractivity (Wildman–Crippen MR) is 102 cm³/mol. The molecule has 8 nitrogen and oxygen atoms in total. The van der Waals surface area contributed by atoms with Gasteiger partial charge in [-0.05, 0) is 30.3 Å². The van der Waals surface area contributed by atoms with E-state index in [2.05, 4.69) is 9.71 Å². The number of carbonyl (C=O) groups is 1. The average molecular weight is 410 g/mol. The molecular formula is C17H16ClN3O5S. The number of hydrogen-bond acceptors (Lipinski definition) is 5. The van der Waals surface area contributed by atoms with E-state index >= 15 is 0 Å². The number of nitrogens with zero attached hydrogens (tertiary/aromatic N) is 2. The number of nitrogens with one attached hydrogen (secondary N) is 1. The van der Waals surface area contributed by atoms with E-state index in [9.17, 15) is 13.2 Å². The Bertz CT molecular complexity index is 1140. The maximum atomic E-state index is 11.6. The number of anilines is 1. The number of carboxylic acids is 1. The number of fused-ring (bicyclic) bond motifs is 1. The number of hydrogen-bond donors (Lipinski definition) is 2. The highest BCUT2D eigenvalue weighted by Gasteiger charge is 2.17. The SMILES string of the molecule is COc1ccc(-c2ccc(NS(C)(=O)=O)c3nc(CC(=O)O)cn23)c(Cl)c1. The third-order valence-corrected chi connectivity index (χ3v) is 4.65. The highest BCUT2D eigenvalue weighted by atomic mass is 35.5. The summed E-state index contributed by atoms with van der Waals surface area (Å²) in [4.78, 5) is 15.3. The van der Waals surface area contributed by atoms with Crippen LogP contribution < -0.4 is 9.46 Å². The van der Waals surface area contributed by atoms with E-state index in [1.54, 1.807) is 40.9 Å². The lowest BCUT2D eigenvalue weighted by molar-refractivity contribution is -0.136. The van der Waals surface area contributed by atoms with Gasteiger partial charge in [0.1, 0.15) is 5.75 Å². The number of aliphatic carboxylic acids is 1. The van der Waals surface area contributed by atoms with E-state index in [4.69, 9.17) is 21.4 Å². The number of ether oxygens (including phenoxy) is 1. The highest BCUT2D eigenvalue weighted by Crippen LogP contribution is 2.33. The van der Waals surface area contributed by atoms with Gasteiger partial charge in [0.2, 0.25) is 10.0 Å². The molecule has 0 saturated carbocycles. The Morgan fingerprint density at radius 3 is 2.67 bits per heavy atom. The first-order valence-electron chi connectivity index (χ1n) is 7.72. The smallest absolute Gasteiger partial charge is 0.309 e. The maximum Gasteiger partial charge on any atom is 0.309 e. The van der Waals surface area contributed by atoms with Crippen LogP contribution in [0.4, 0.5) is 5.69 Å². The van der Waals surface area contributed by atoms with Crippen LogP contribution in [0.3, 0.4) is 0 Å². The molecule has 0 spiro atoms. The molecule has 0 unspecified atom stereocenters. The molecule has 0 radical (unpaired) electrons. The normalized spacial score (nSPS) is 11.5. The van der Waals surface area contributed by atoms with Crippen molar-refractivity contribution in [2.75, 3.05) is 18.1 Å². The van der Waals surface area contributed by atoms with Crippen molar-refractivity contribution in [2.24, 2.45) is 0 Å². The summed E-state index contributed by atoms with van der Waals surface area (Å²) in [7, 11) is -2.01. The van der Waals surface area contributed by atoms with Crippen molar-refractivity contribution in [3.8, 4) is 17.0 Å². The molecule has 0 aliphatic heterocycles. The molecule has 10 heteroatoms. The lowest BCUT2D eigenvalue weighted by Gasteiger charge is -2.12. The maximum absolute atomic E-state index is 11.6. The number of halogens is 1. The summed E-state index contributed by atoms with van der Waals surface area (Å²) in [5.41, 5.74) is 2.09. The Labute approximate surface area is 160 Å². The van der Waals surface area contributed by atoms with Crippen molar-refractivity contribution >= 4 is 38.9 Å². The van der Waals surface area contributed by atoms with E-state index in [1.165, 1.54) is 7.11 Å². The predicted octanol–water partition coefficient (Wildman–Crippen LogP) is 2.66. The van der Waals surface area contributed by atoms with Crippen molar-refractivity contribution in [3.63, 3.8) is 0 Å².